The Kier molecular flexibility index (Phi) is 2.76. The van der Waals surface area contributed by atoms with Crippen LogP contribution in [-0.4, -0.2) is 32.4 Å². The molecule has 5 nitrogen and oxygen atoms in total. The molecular formula is C20H18N4O. The van der Waals surface area contributed by atoms with Crippen molar-refractivity contribution in [3.05, 3.63) is 66.0 Å². The Balaban J connectivity index is 1.79. The van der Waals surface area contributed by atoms with Crippen molar-refractivity contribution in [1.29, 1.82) is 0 Å². The van der Waals surface area contributed by atoms with Crippen LogP contribution >= 0.6 is 0 Å². The summed E-state index contributed by atoms with van der Waals surface area (Å²) in [7, 11) is 1.92. The maximum Gasteiger partial charge on any atom is 0.271 e. The van der Waals surface area contributed by atoms with Crippen molar-refractivity contribution in [3.63, 3.8) is 0 Å². The smallest absolute Gasteiger partial charge is 0.271 e. The Bertz CT molecular complexity index is 1020. The van der Waals surface area contributed by atoms with Gasteiger partial charge < -0.3 is 9.47 Å². The van der Waals surface area contributed by atoms with Crippen LogP contribution in [-0.2, 0) is 5.54 Å². The Labute approximate surface area is 146 Å². The van der Waals surface area contributed by atoms with E-state index in [1.54, 1.807) is 6.33 Å². The summed E-state index contributed by atoms with van der Waals surface area (Å²) in [6.07, 6.45) is 7.42. The van der Waals surface area contributed by atoms with Gasteiger partial charge in [-0.2, -0.15) is 0 Å². The number of benzene rings is 1. The van der Waals surface area contributed by atoms with Gasteiger partial charge in [-0.15, -0.1) is 0 Å². The van der Waals surface area contributed by atoms with E-state index in [1.165, 1.54) is 5.56 Å². The Morgan fingerprint density at radius 1 is 1.20 bits per heavy atom. The van der Waals surface area contributed by atoms with Crippen LogP contribution in [0.3, 0.4) is 0 Å². The van der Waals surface area contributed by atoms with Gasteiger partial charge in [-0.25, -0.2) is 9.97 Å². The number of hydrogen-bond acceptors (Lipinski definition) is 3. The molecule has 5 heteroatoms. The highest BCUT2D eigenvalue weighted by molar-refractivity contribution is 5.95. The molecule has 0 N–H and O–H groups in total. The lowest BCUT2D eigenvalue weighted by atomic mass is 9.96. The molecule has 0 bridgehead atoms. The molecule has 2 aliphatic rings. The molecule has 1 aromatic carbocycles. The highest BCUT2D eigenvalue weighted by Gasteiger charge is 2.53. The molecular weight excluding hydrogens is 312 g/mol. The summed E-state index contributed by atoms with van der Waals surface area (Å²) < 4.78 is 2.02. The van der Waals surface area contributed by atoms with Gasteiger partial charge in [-0.05, 0) is 43.5 Å². The molecule has 0 saturated heterocycles. The van der Waals surface area contributed by atoms with E-state index in [-0.39, 0.29) is 11.4 Å². The van der Waals surface area contributed by atoms with E-state index in [1.807, 2.05) is 48.0 Å². The Morgan fingerprint density at radius 3 is 2.80 bits per heavy atom. The standard InChI is InChI=1S/C20H18N4O/c1-13-15(11-21-12-22-13)14-5-6-16-18(10-14)24-9-3-4-17(24)19(25)23(2)20(16)7-8-20/h3-6,9-12H,7-8H2,1-2H3. The van der Waals surface area contributed by atoms with Gasteiger partial charge >= 0.3 is 0 Å². The molecule has 25 heavy (non-hydrogen) atoms. The molecule has 1 spiro atoms. The average Bonchev–Trinajstić information content (AvgIpc) is 3.30. The van der Waals surface area contributed by atoms with Crippen LogP contribution in [0, 0.1) is 6.92 Å². The molecule has 1 fully saturated rings. The number of aryl methyl sites for hydroxylation is 1. The largest absolute Gasteiger partial charge is 0.331 e. The zero-order chi connectivity index (χ0) is 17.2. The van der Waals surface area contributed by atoms with Gasteiger partial charge in [0.05, 0.1) is 11.2 Å². The highest BCUT2D eigenvalue weighted by Crippen LogP contribution is 2.54. The number of rotatable bonds is 1. The van der Waals surface area contributed by atoms with E-state index in [9.17, 15) is 4.79 Å². The van der Waals surface area contributed by atoms with Gasteiger partial charge in [0.15, 0.2) is 0 Å². The number of carbonyl (C=O) groups excluding carboxylic acids is 1. The summed E-state index contributed by atoms with van der Waals surface area (Å²) in [5.41, 5.74) is 5.90. The minimum atomic E-state index is -0.161. The number of fused-ring (bicyclic) bond motifs is 4. The second-order valence-electron chi connectivity index (χ2n) is 6.91. The highest BCUT2D eigenvalue weighted by atomic mass is 16.2. The quantitative estimate of drug-likeness (QED) is 0.688. The molecule has 0 unspecified atom stereocenters. The van der Waals surface area contributed by atoms with Crippen LogP contribution in [0.25, 0.3) is 16.8 Å². The predicted molar refractivity (Wildman–Crippen MR) is 94.5 cm³/mol. The van der Waals surface area contributed by atoms with Crippen molar-refractivity contribution in [3.8, 4) is 16.8 Å². The van der Waals surface area contributed by atoms with Crippen molar-refractivity contribution in [2.24, 2.45) is 0 Å². The zero-order valence-electron chi connectivity index (χ0n) is 14.2. The number of amides is 1. The number of carbonyl (C=O) groups is 1. The van der Waals surface area contributed by atoms with E-state index < -0.39 is 0 Å². The summed E-state index contributed by atoms with van der Waals surface area (Å²) in [6.45, 7) is 1.99. The van der Waals surface area contributed by atoms with Gasteiger partial charge in [-0.1, -0.05) is 12.1 Å². The lowest BCUT2D eigenvalue weighted by Gasteiger charge is -2.27. The molecule has 0 atom stereocenters. The maximum absolute atomic E-state index is 12.9. The molecule has 5 rings (SSSR count). The fourth-order valence-corrected chi connectivity index (χ4v) is 4.00. The van der Waals surface area contributed by atoms with E-state index >= 15 is 0 Å². The van der Waals surface area contributed by atoms with Crippen molar-refractivity contribution in [2.75, 3.05) is 7.05 Å². The molecule has 1 aliphatic carbocycles. The van der Waals surface area contributed by atoms with Crippen LogP contribution in [0.15, 0.2) is 49.1 Å². The second-order valence-corrected chi connectivity index (χ2v) is 6.91. The molecule has 124 valence electrons. The summed E-state index contributed by atoms with van der Waals surface area (Å²) in [4.78, 5) is 23.3. The van der Waals surface area contributed by atoms with Crippen molar-refractivity contribution in [1.82, 2.24) is 19.4 Å². The Hall–Kier alpha value is -2.95. The normalized spacial score (nSPS) is 17.2. The summed E-state index contributed by atoms with van der Waals surface area (Å²) in [5.74, 6) is 0.0828. The first kappa shape index (κ1) is 14.4. The van der Waals surface area contributed by atoms with Crippen LogP contribution < -0.4 is 0 Å². The third-order valence-electron chi connectivity index (χ3n) is 5.62. The monoisotopic (exact) mass is 330 g/mol. The molecule has 1 amide bonds. The molecule has 1 saturated carbocycles. The van der Waals surface area contributed by atoms with Crippen LogP contribution in [0.1, 0.15) is 34.6 Å². The van der Waals surface area contributed by atoms with Crippen molar-refractivity contribution >= 4 is 5.91 Å². The van der Waals surface area contributed by atoms with Gasteiger partial charge in [0.1, 0.15) is 12.0 Å². The molecule has 1 aliphatic heterocycles. The van der Waals surface area contributed by atoms with E-state index in [2.05, 4.69) is 28.2 Å². The topological polar surface area (TPSA) is 51.0 Å². The summed E-state index contributed by atoms with van der Waals surface area (Å²) in [5, 5.41) is 0. The van der Waals surface area contributed by atoms with Gasteiger partial charge in [0.25, 0.3) is 5.91 Å². The van der Waals surface area contributed by atoms with Gasteiger partial charge in [-0.3, -0.25) is 4.79 Å². The minimum absolute atomic E-state index is 0.0828. The number of hydrogen-bond donors (Lipinski definition) is 0. The van der Waals surface area contributed by atoms with Crippen LogP contribution in [0.4, 0.5) is 0 Å². The first-order chi connectivity index (χ1) is 12.1. The molecule has 2 aromatic heterocycles. The minimum Gasteiger partial charge on any atom is -0.331 e. The number of aromatic nitrogens is 3. The first-order valence-corrected chi connectivity index (χ1v) is 8.49. The van der Waals surface area contributed by atoms with Gasteiger partial charge in [0, 0.05) is 36.3 Å². The molecule has 3 heterocycles. The van der Waals surface area contributed by atoms with Crippen molar-refractivity contribution < 1.29 is 4.79 Å². The third kappa shape index (κ3) is 1.86. The molecule has 3 aromatic rings. The zero-order valence-corrected chi connectivity index (χ0v) is 14.2. The average molecular weight is 330 g/mol. The van der Waals surface area contributed by atoms with E-state index in [4.69, 9.17) is 0 Å². The van der Waals surface area contributed by atoms with Crippen LogP contribution in [0.2, 0.25) is 0 Å². The molecule has 0 radical (unpaired) electrons. The second kappa shape index (κ2) is 4.79. The summed E-state index contributed by atoms with van der Waals surface area (Å²) >= 11 is 0. The van der Waals surface area contributed by atoms with Crippen LogP contribution in [0.5, 0.6) is 0 Å². The number of nitrogens with zero attached hydrogens (tertiary/aromatic N) is 4. The SMILES string of the molecule is Cc1ncncc1-c1ccc2c(c1)-n1cccc1C(=O)N(C)C21CC1. The Morgan fingerprint density at radius 2 is 2.04 bits per heavy atom. The maximum atomic E-state index is 12.9. The fourth-order valence-electron chi connectivity index (χ4n) is 4.00. The summed E-state index contributed by atoms with van der Waals surface area (Å²) in [6, 6.07) is 10.3. The lowest BCUT2D eigenvalue weighted by Crippen LogP contribution is -2.36. The lowest BCUT2D eigenvalue weighted by molar-refractivity contribution is 0.0705. The van der Waals surface area contributed by atoms with Crippen molar-refractivity contribution in [2.45, 2.75) is 25.3 Å². The fraction of sp³-hybridized carbons (Fsp3) is 0.250. The van der Waals surface area contributed by atoms with E-state index in [0.29, 0.717) is 5.69 Å². The van der Waals surface area contributed by atoms with E-state index in [0.717, 1.165) is 35.3 Å². The third-order valence-corrected chi connectivity index (χ3v) is 5.62. The van der Waals surface area contributed by atoms with Gasteiger partial charge in [0.2, 0.25) is 0 Å². The predicted octanol–water partition coefficient (Wildman–Crippen LogP) is 3.32. The first-order valence-electron chi connectivity index (χ1n) is 8.49.